The Kier molecular flexibility index (Phi) is 3.79. The predicted molar refractivity (Wildman–Crippen MR) is 80.8 cm³/mol. The van der Waals surface area contributed by atoms with Gasteiger partial charge in [0.1, 0.15) is 0 Å². The molecule has 0 spiro atoms. The molecule has 1 aromatic carbocycles. The molecule has 0 aromatic heterocycles. The van der Waals surface area contributed by atoms with Crippen LogP contribution in [0.15, 0.2) is 18.2 Å². The van der Waals surface area contributed by atoms with Gasteiger partial charge in [0.25, 0.3) is 5.91 Å². The highest BCUT2D eigenvalue weighted by atomic mass is 16.1. The van der Waals surface area contributed by atoms with Gasteiger partial charge < -0.3 is 10.6 Å². The number of hydrogen-bond acceptors (Lipinski definition) is 2. The highest BCUT2D eigenvalue weighted by Crippen LogP contribution is 2.47. The van der Waals surface area contributed by atoms with Crippen molar-refractivity contribution in [2.24, 2.45) is 11.8 Å². The summed E-state index contributed by atoms with van der Waals surface area (Å²) in [5, 5.41) is 6.61. The lowest BCUT2D eigenvalue weighted by molar-refractivity contribution is 0.0946. The average molecular weight is 272 g/mol. The molecule has 3 rings (SSSR count). The molecule has 1 saturated carbocycles. The molecule has 108 valence electrons. The van der Waals surface area contributed by atoms with Gasteiger partial charge in [-0.25, -0.2) is 0 Å². The van der Waals surface area contributed by atoms with Crippen LogP contribution in [-0.4, -0.2) is 19.0 Å². The largest absolute Gasteiger partial charge is 0.352 e. The van der Waals surface area contributed by atoms with E-state index in [1.807, 2.05) is 0 Å². The Morgan fingerprint density at radius 2 is 2.25 bits per heavy atom. The first-order chi connectivity index (χ1) is 9.70. The number of rotatable bonds is 5. The van der Waals surface area contributed by atoms with Crippen LogP contribution in [0, 0.1) is 11.8 Å². The summed E-state index contributed by atoms with van der Waals surface area (Å²) in [4.78, 5) is 12.0. The molecule has 20 heavy (non-hydrogen) atoms. The first-order valence-corrected chi connectivity index (χ1v) is 7.85. The molecule has 3 nitrogen and oxygen atoms in total. The lowest BCUT2D eigenvalue weighted by atomic mass is 9.93. The number of fused-ring (bicyclic) bond motifs is 1. The Hall–Kier alpha value is -1.35. The summed E-state index contributed by atoms with van der Waals surface area (Å²) in [5.74, 6) is 1.62. The quantitative estimate of drug-likeness (QED) is 0.865. The lowest BCUT2D eigenvalue weighted by Crippen LogP contribution is -2.32. The Balaban J connectivity index is 1.87. The van der Waals surface area contributed by atoms with Crippen LogP contribution in [0.5, 0.6) is 0 Å². The summed E-state index contributed by atoms with van der Waals surface area (Å²) in [7, 11) is 0. The van der Waals surface area contributed by atoms with Gasteiger partial charge in [-0.05, 0) is 54.8 Å². The van der Waals surface area contributed by atoms with Crippen molar-refractivity contribution in [3.05, 3.63) is 34.9 Å². The first kappa shape index (κ1) is 13.6. The monoisotopic (exact) mass is 272 g/mol. The molecule has 0 bridgehead atoms. The smallest absolute Gasteiger partial charge is 0.251 e. The summed E-state index contributed by atoms with van der Waals surface area (Å²) < 4.78 is 0. The van der Waals surface area contributed by atoms with Crippen LogP contribution in [0.25, 0.3) is 0 Å². The Morgan fingerprint density at radius 3 is 2.95 bits per heavy atom. The van der Waals surface area contributed by atoms with E-state index in [9.17, 15) is 4.79 Å². The molecular weight excluding hydrogens is 248 g/mol. The highest BCUT2D eigenvalue weighted by molar-refractivity contribution is 5.96. The molecule has 3 heteroatoms. The third-order valence-electron chi connectivity index (χ3n) is 4.63. The fourth-order valence-corrected chi connectivity index (χ4v) is 3.25. The highest BCUT2D eigenvalue weighted by Gasteiger charge is 2.40. The zero-order valence-corrected chi connectivity index (χ0v) is 12.4. The van der Waals surface area contributed by atoms with Gasteiger partial charge in [0.05, 0.1) is 0 Å². The maximum atomic E-state index is 12.0. The fourth-order valence-electron chi connectivity index (χ4n) is 3.25. The number of amides is 1. The van der Waals surface area contributed by atoms with Crippen LogP contribution >= 0.6 is 0 Å². The molecule has 1 amide bonds. The van der Waals surface area contributed by atoms with Gasteiger partial charge in [-0.15, -0.1) is 0 Å². The van der Waals surface area contributed by atoms with Crippen molar-refractivity contribution in [2.45, 2.75) is 39.2 Å². The number of nitrogens with one attached hydrogen (secondary N) is 2. The summed E-state index contributed by atoms with van der Waals surface area (Å²) in [5.41, 5.74) is 3.35. The maximum absolute atomic E-state index is 12.0. The molecule has 3 unspecified atom stereocenters. The van der Waals surface area contributed by atoms with Crippen molar-refractivity contribution < 1.29 is 4.79 Å². The van der Waals surface area contributed by atoms with E-state index in [0.29, 0.717) is 6.04 Å². The Labute approximate surface area is 121 Å². The van der Waals surface area contributed by atoms with E-state index in [0.717, 1.165) is 43.3 Å². The minimum absolute atomic E-state index is 0.0891. The lowest BCUT2D eigenvalue weighted by Gasteiger charge is -2.22. The molecule has 2 N–H and O–H groups in total. The van der Waals surface area contributed by atoms with Crippen LogP contribution in [0.1, 0.15) is 54.2 Å². The van der Waals surface area contributed by atoms with E-state index in [-0.39, 0.29) is 5.91 Å². The van der Waals surface area contributed by atoms with E-state index in [2.05, 4.69) is 42.7 Å². The molecule has 1 aliphatic carbocycles. The van der Waals surface area contributed by atoms with Gasteiger partial charge in [-0.1, -0.05) is 26.0 Å². The molecule has 1 aliphatic heterocycles. The zero-order chi connectivity index (χ0) is 14.1. The summed E-state index contributed by atoms with van der Waals surface area (Å²) in [6.45, 7) is 6.32. The summed E-state index contributed by atoms with van der Waals surface area (Å²) in [6, 6.07) is 6.89. The van der Waals surface area contributed by atoms with Gasteiger partial charge in [-0.2, -0.15) is 0 Å². The minimum Gasteiger partial charge on any atom is -0.352 e. The molecule has 3 atom stereocenters. The number of hydrogen-bond donors (Lipinski definition) is 2. The Morgan fingerprint density at radius 1 is 1.45 bits per heavy atom. The van der Waals surface area contributed by atoms with Crippen LogP contribution < -0.4 is 10.6 Å². The van der Waals surface area contributed by atoms with Gasteiger partial charge >= 0.3 is 0 Å². The van der Waals surface area contributed by atoms with Gasteiger partial charge in [0.2, 0.25) is 0 Å². The van der Waals surface area contributed by atoms with Crippen LogP contribution in [0.3, 0.4) is 0 Å². The van der Waals surface area contributed by atoms with E-state index in [4.69, 9.17) is 0 Å². The van der Waals surface area contributed by atoms with E-state index in [1.54, 1.807) is 0 Å². The third kappa shape index (κ3) is 2.59. The van der Waals surface area contributed by atoms with E-state index >= 15 is 0 Å². The van der Waals surface area contributed by atoms with Crippen molar-refractivity contribution in [2.75, 3.05) is 13.1 Å². The molecular formula is C17H24N2O. The van der Waals surface area contributed by atoms with Gasteiger partial charge in [0.15, 0.2) is 0 Å². The van der Waals surface area contributed by atoms with Crippen LogP contribution in [0.4, 0.5) is 0 Å². The number of benzene rings is 1. The second kappa shape index (κ2) is 5.57. The average Bonchev–Trinajstić information content (AvgIpc) is 3.17. The third-order valence-corrected chi connectivity index (χ3v) is 4.63. The van der Waals surface area contributed by atoms with Gasteiger partial charge in [0, 0.05) is 18.2 Å². The van der Waals surface area contributed by atoms with E-state index < -0.39 is 0 Å². The minimum atomic E-state index is 0.0891. The summed E-state index contributed by atoms with van der Waals surface area (Å²) in [6.07, 6.45) is 3.39. The molecule has 0 radical (unpaired) electrons. The maximum Gasteiger partial charge on any atom is 0.251 e. The second-order valence-corrected chi connectivity index (χ2v) is 6.23. The van der Waals surface area contributed by atoms with Crippen molar-refractivity contribution in [3.63, 3.8) is 0 Å². The molecule has 1 heterocycles. The van der Waals surface area contributed by atoms with Crippen LogP contribution in [-0.2, 0) is 6.42 Å². The van der Waals surface area contributed by atoms with Crippen molar-refractivity contribution >= 4 is 5.91 Å². The van der Waals surface area contributed by atoms with Crippen molar-refractivity contribution in [3.8, 4) is 0 Å². The predicted octanol–water partition coefficient (Wildman–Crippen LogP) is 2.67. The van der Waals surface area contributed by atoms with Crippen molar-refractivity contribution in [1.82, 2.24) is 10.6 Å². The van der Waals surface area contributed by atoms with Crippen molar-refractivity contribution in [1.29, 1.82) is 0 Å². The molecule has 1 aromatic rings. The second-order valence-electron chi connectivity index (χ2n) is 6.23. The van der Waals surface area contributed by atoms with Gasteiger partial charge in [-0.3, -0.25) is 4.79 Å². The topological polar surface area (TPSA) is 41.1 Å². The normalized spacial score (nSPS) is 25.8. The Bertz CT molecular complexity index is 512. The molecule has 0 saturated heterocycles. The fraction of sp³-hybridized carbons (Fsp3) is 0.588. The first-order valence-electron chi connectivity index (χ1n) is 7.85. The molecule has 2 aliphatic rings. The molecule has 1 fully saturated rings. The number of carbonyl (C=O) groups excluding carboxylic acids is 1. The summed E-state index contributed by atoms with van der Waals surface area (Å²) >= 11 is 0. The SMILES string of the molecule is CCCNC(c1ccc2c(c1)C(=O)NCC2)C1CC1C. The standard InChI is InChI=1S/C17H24N2O/c1-3-7-18-16(14-9-11(14)2)13-5-4-12-6-8-19-17(20)15(12)10-13/h4-5,10-11,14,16,18H,3,6-9H2,1-2H3,(H,19,20). The zero-order valence-electron chi connectivity index (χ0n) is 12.4. The number of carbonyl (C=O) groups is 1. The van der Waals surface area contributed by atoms with Crippen LogP contribution in [0.2, 0.25) is 0 Å². The van der Waals surface area contributed by atoms with E-state index in [1.165, 1.54) is 17.5 Å².